The van der Waals surface area contributed by atoms with Crippen LogP contribution in [0.5, 0.6) is 0 Å². The number of aryl methyl sites for hydroxylation is 7. The summed E-state index contributed by atoms with van der Waals surface area (Å²) >= 11 is 0. The predicted octanol–water partition coefficient (Wildman–Crippen LogP) is 8.61. The van der Waals surface area contributed by atoms with E-state index in [9.17, 15) is 0 Å². The minimum atomic E-state index is 1.14. The molecule has 31 heavy (non-hydrogen) atoms. The molecule has 0 N–H and O–H groups in total. The van der Waals surface area contributed by atoms with E-state index in [1.807, 2.05) is 6.07 Å². The van der Waals surface area contributed by atoms with Crippen molar-refractivity contribution >= 4 is 0 Å². The molecule has 0 saturated heterocycles. The van der Waals surface area contributed by atoms with Crippen LogP contribution in [-0.2, 0) is 25.7 Å². The van der Waals surface area contributed by atoms with Gasteiger partial charge in [0.15, 0.2) is 0 Å². The molecule has 3 rings (SSSR count). The zero-order valence-electron chi connectivity index (χ0n) is 20.9. The smallest absolute Gasteiger partial charge is 0.0270 e. The Kier molecular flexibility index (Phi) is 10.0. The molecule has 0 spiro atoms. The summed E-state index contributed by atoms with van der Waals surface area (Å²) in [5.41, 5.74) is 13.2. The van der Waals surface area contributed by atoms with E-state index < -0.39 is 0 Å². The molecule has 0 unspecified atom stereocenters. The van der Waals surface area contributed by atoms with Crippen LogP contribution in [0.4, 0.5) is 0 Å². The standard InChI is InChI=1S/C23H32.C8H10/c1-7-9-21-14-18(4)23(19(5)15-21)11-8-10-22-12-16(2)20(6)17(3)13-22;1-2-8-6-4-3-5-7-8/h12-15H,7-11H2,1-6H3;3-7H,2H2,1H3. The van der Waals surface area contributed by atoms with Gasteiger partial charge in [-0.05, 0) is 117 Å². The molecular weight excluding hydrogens is 372 g/mol. The van der Waals surface area contributed by atoms with Crippen molar-refractivity contribution in [3.05, 3.63) is 105 Å². The third-order valence-corrected chi connectivity index (χ3v) is 6.42. The van der Waals surface area contributed by atoms with E-state index in [-0.39, 0.29) is 0 Å². The van der Waals surface area contributed by atoms with Crippen LogP contribution in [0.3, 0.4) is 0 Å². The molecule has 3 aromatic carbocycles. The SMILES string of the molecule is CCCc1cc(C)c(CCCc2cc(C)c(C)c(C)c2)c(C)c1.CCc1ccccc1. The Hall–Kier alpha value is -2.34. The van der Waals surface area contributed by atoms with E-state index in [0.29, 0.717) is 0 Å². The van der Waals surface area contributed by atoms with E-state index in [2.05, 4.69) is 97.0 Å². The van der Waals surface area contributed by atoms with Crippen molar-refractivity contribution in [2.24, 2.45) is 0 Å². The number of hydrogen-bond acceptors (Lipinski definition) is 0. The highest BCUT2D eigenvalue weighted by atomic mass is 14.1. The Balaban J connectivity index is 0.000000357. The summed E-state index contributed by atoms with van der Waals surface area (Å²) < 4.78 is 0. The largest absolute Gasteiger partial charge is 0.0651 e. The molecule has 0 radical (unpaired) electrons. The minimum Gasteiger partial charge on any atom is -0.0651 e. The lowest BCUT2D eigenvalue weighted by atomic mass is 9.92. The lowest BCUT2D eigenvalue weighted by Crippen LogP contribution is -1.99. The van der Waals surface area contributed by atoms with Crippen LogP contribution in [0.25, 0.3) is 0 Å². The third kappa shape index (κ3) is 7.69. The maximum absolute atomic E-state index is 2.39. The van der Waals surface area contributed by atoms with Crippen LogP contribution >= 0.6 is 0 Å². The predicted molar refractivity (Wildman–Crippen MR) is 138 cm³/mol. The fourth-order valence-electron chi connectivity index (χ4n) is 4.36. The molecule has 0 atom stereocenters. The number of rotatable bonds is 7. The first-order valence-electron chi connectivity index (χ1n) is 12.0. The first kappa shape index (κ1) is 24.9. The molecule has 0 aliphatic heterocycles. The zero-order chi connectivity index (χ0) is 22.8. The van der Waals surface area contributed by atoms with E-state index in [0.717, 1.165) is 6.42 Å². The lowest BCUT2D eigenvalue weighted by Gasteiger charge is -2.13. The second-order valence-electron chi connectivity index (χ2n) is 9.01. The van der Waals surface area contributed by atoms with Gasteiger partial charge in [-0.1, -0.05) is 74.9 Å². The third-order valence-electron chi connectivity index (χ3n) is 6.42. The van der Waals surface area contributed by atoms with Crippen LogP contribution in [-0.4, -0.2) is 0 Å². The molecule has 3 aromatic rings. The van der Waals surface area contributed by atoms with Crippen molar-refractivity contribution in [2.45, 2.75) is 87.0 Å². The second kappa shape index (κ2) is 12.5. The fourth-order valence-corrected chi connectivity index (χ4v) is 4.36. The molecule has 0 amide bonds. The van der Waals surface area contributed by atoms with Crippen molar-refractivity contribution in [2.75, 3.05) is 0 Å². The Labute approximate surface area is 191 Å². The maximum atomic E-state index is 2.39. The molecule has 0 heterocycles. The topological polar surface area (TPSA) is 0 Å². The van der Waals surface area contributed by atoms with Gasteiger partial charge in [-0.3, -0.25) is 0 Å². The molecule has 0 aromatic heterocycles. The normalized spacial score (nSPS) is 10.5. The average Bonchev–Trinajstić information content (AvgIpc) is 2.75. The van der Waals surface area contributed by atoms with Crippen molar-refractivity contribution in [1.29, 1.82) is 0 Å². The van der Waals surface area contributed by atoms with E-state index >= 15 is 0 Å². The van der Waals surface area contributed by atoms with Gasteiger partial charge in [-0.25, -0.2) is 0 Å². The van der Waals surface area contributed by atoms with Crippen LogP contribution in [0, 0.1) is 34.6 Å². The number of benzene rings is 3. The molecule has 0 saturated carbocycles. The Bertz CT molecular complexity index is 901. The molecular formula is C31H42. The van der Waals surface area contributed by atoms with E-state index in [1.54, 1.807) is 5.56 Å². The molecule has 166 valence electrons. The molecule has 0 fully saturated rings. The summed E-state index contributed by atoms with van der Waals surface area (Å²) in [5, 5.41) is 0. The molecule has 0 heteroatoms. The van der Waals surface area contributed by atoms with Crippen LogP contribution in [0.15, 0.2) is 54.6 Å². The molecule has 0 aliphatic rings. The fraction of sp³-hybridized carbons (Fsp3) is 0.419. The summed E-state index contributed by atoms with van der Waals surface area (Å²) in [6.45, 7) is 15.7. The highest BCUT2D eigenvalue weighted by Gasteiger charge is 2.06. The molecule has 0 aliphatic carbocycles. The zero-order valence-corrected chi connectivity index (χ0v) is 20.9. The van der Waals surface area contributed by atoms with Crippen molar-refractivity contribution in [3.8, 4) is 0 Å². The summed E-state index contributed by atoms with van der Waals surface area (Å²) in [7, 11) is 0. The second-order valence-corrected chi connectivity index (χ2v) is 9.01. The maximum Gasteiger partial charge on any atom is -0.0270 e. The Morgan fingerprint density at radius 3 is 1.55 bits per heavy atom. The van der Waals surface area contributed by atoms with Crippen LogP contribution in [0.2, 0.25) is 0 Å². The summed E-state index contributed by atoms with van der Waals surface area (Å²) in [5.74, 6) is 0. The van der Waals surface area contributed by atoms with Gasteiger partial charge in [-0.2, -0.15) is 0 Å². The first-order chi connectivity index (χ1) is 14.8. The van der Waals surface area contributed by atoms with Crippen molar-refractivity contribution < 1.29 is 0 Å². The summed E-state index contributed by atoms with van der Waals surface area (Å²) in [6.07, 6.45) is 7.17. The van der Waals surface area contributed by atoms with Gasteiger partial charge in [0.2, 0.25) is 0 Å². The van der Waals surface area contributed by atoms with Gasteiger partial charge in [0.1, 0.15) is 0 Å². The van der Waals surface area contributed by atoms with Crippen LogP contribution < -0.4 is 0 Å². The van der Waals surface area contributed by atoms with E-state index in [1.165, 1.54) is 76.6 Å². The van der Waals surface area contributed by atoms with Gasteiger partial charge in [0.05, 0.1) is 0 Å². The highest BCUT2D eigenvalue weighted by molar-refractivity contribution is 5.39. The highest BCUT2D eigenvalue weighted by Crippen LogP contribution is 2.21. The van der Waals surface area contributed by atoms with Crippen molar-refractivity contribution in [3.63, 3.8) is 0 Å². The monoisotopic (exact) mass is 414 g/mol. The molecule has 0 bridgehead atoms. The van der Waals surface area contributed by atoms with Gasteiger partial charge >= 0.3 is 0 Å². The Morgan fingerprint density at radius 2 is 1.06 bits per heavy atom. The van der Waals surface area contributed by atoms with Crippen molar-refractivity contribution in [1.82, 2.24) is 0 Å². The Morgan fingerprint density at radius 1 is 0.548 bits per heavy atom. The van der Waals surface area contributed by atoms with Gasteiger partial charge in [0.25, 0.3) is 0 Å². The first-order valence-corrected chi connectivity index (χ1v) is 12.0. The van der Waals surface area contributed by atoms with Gasteiger partial charge < -0.3 is 0 Å². The summed E-state index contributed by atoms with van der Waals surface area (Å²) in [4.78, 5) is 0. The lowest BCUT2D eigenvalue weighted by molar-refractivity contribution is 0.807. The number of hydrogen-bond donors (Lipinski definition) is 0. The van der Waals surface area contributed by atoms with Crippen LogP contribution in [0.1, 0.15) is 76.8 Å². The van der Waals surface area contributed by atoms with Gasteiger partial charge in [0, 0.05) is 0 Å². The minimum absolute atomic E-state index is 1.14. The quantitative estimate of drug-likeness (QED) is 0.363. The van der Waals surface area contributed by atoms with Gasteiger partial charge in [-0.15, -0.1) is 0 Å². The summed E-state index contributed by atoms with van der Waals surface area (Å²) in [6, 6.07) is 20.0. The van der Waals surface area contributed by atoms with E-state index in [4.69, 9.17) is 0 Å². The molecule has 0 nitrogen and oxygen atoms in total. The average molecular weight is 415 g/mol.